The van der Waals surface area contributed by atoms with Crippen LogP contribution in [0.3, 0.4) is 0 Å². The summed E-state index contributed by atoms with van der Waals surface area (Å²) in [5, 5.41) is 16.9. The number of rotatable bonds is 6. The van der Waals surface area contributed by atoms with E-state index in [-0.39, 0.29) is 19.4 Å². The van der Waals surface area contributed by atoms with E-state index in [0.29, 0.717) is 12.8 Å². The molecule has 76 valence electrons. The smallest absolute Gasteiger partial charge is 0.0968 e. The third-order valence-corrected chi connectivity index (χ3v) is 1.53. The molecule has 0 saturated carbocycles. The molecular formula is C5H14NO5S-. The minimum atomic E-state index is -2.59. The highest BCUT2D eigenvalue weighted by Gasteiger charge is 2.06. The Hall–Kier alpha value is -0.0500. The molecule has 0 rings (SSSR count). The van der Waals surface area contributed by atoms with Gasteiger partial charge < -0.3 is 20.9 Å². The SMILES string of the molecule is N.O=S([O-])OC(CO)CCCO. The van der Waals surface area contributed by atoms with Gasteiger partial charge in [0.1, 0.15) is 0 Å². The lowest BCUT2D eigenvalue weighted by Crippen LogP contribution is -2.19. The molecule has 2 unspecified atom stereocenters. The van der Waals surface area contributed by atoms with Gasteiger partial charge in [-0.15, -0.1) is 0 Å². The van der Waals surface area contributed by atoms with Crippen molar-refractivity contribution in [2.45, 2.75) is 18.9 Å². The van der Waals surface area contributed by atoms with Crippen LogP contribution in [0.4, 0.5) is 0 Å². The van der Waals surface area contributed by atoms with E-state index >= 15 is 0 Å². The summed E-state index contributed by atoms with van der Waals surface area (Å²) >= 11 is -2.59. The molecule has 6 nitrogen and oxygen atoms in total. The summed E-state index contributed by atoms with van der Waals surface area (Å²) in [5.41, 5.74) is 0. The van der Waals surface area contributed by atoms with Gasteiger partial charge in [-0.3, -0.25) is 4.18 Å². The van der Waals surface area contributed by atoms with Crippen LogP contribution in [0.5, 0.6) is 0 Å². The molecule has 0 saturated heterocycles. The number of aliphatic hydroxyl groups is 2. The fourth-order valence-corrected chi connectivity index (χ4v) is 0.979. The van der Waals surface area contributed by atoms with Crippen molar-refractivity contribution in [1.29, 1.82) is 0 Å². The average molecular weight is 200 g/mol. The maximum Gasteiger partial charge on any atom is 0.0968 e. The van der Waals surface area contributed by atoms with Crippen LogP contribution in [0.15, 0.2) is 0 Å². The molecule has 0 amide bonds. The molecule has 0 fully saturated rings. The van der Waals surface area contributed by atoms with Crippen molar-refractivity contribution in [3.8, 4) is 0 Å². The van der Waals surface area contributed by atoms with Crippen LogP contribution in [0.1, 0.15) is 12.8 Å². The molecule has 5 N–H and O–H groups in total. The largest absolute Gasteiger partial charge is 0.750 e. The standard InChI is InChI=1S/C5H12O5S.H3N/c6-3-1-2-5(4-7)10-11(8)9;/h5-7H,1-4H2,(H,8,9);1H3/p-1. The zero-order chi connectivity index (χ0) is 8.69. The van der Waals surface area contributed by atoms with Gasteiger partial charge in [0.2, 0.25) is 0 Å². The Labute approximate surface area is 73.6 Å². The van der Waals surface area contributed by atoms with E-state index < -0.39 is 17.5 Å². The van der Waals surface area contributed by atoms with E-state index in [1.807, 2.05) is 0 Å². The Balaban J connectivity index is 0. The van der Waals surface area contributed by atoms with Crippen LogP contribution in [-0.2, 0) is 15.5 Å². The predicted octanol–water partition coefficient (Wildman–Crippen LogP) is -0.908. The molecule has 0 aliphatic heterocycles. The average Bonchev–Trinajstić information content (AvgIpc) is 1.97. The number of aliphatic hydroxyl groups excluding tert-OH is 2. The first-order chi connectivity index (χ1) is 5.20. The lowest BCUT2D eigenvalue weighted by Gasteiger charge is -2.15. The molecule has 0 aromatic carbocycles. The Morgan fingerprint density at radius 1 is 1.50 bits per heavy atom. The first-order valence-corrected chi connectivity index (χ1v) is 4.18. The third kappa shape index (κ3) is 8.05. The maximum atomic E-state index is 9.94. The zero-order valence-electron chi connectivity index (χ0n) is 6.64. The minimum absolute atomic E-state index is 0. The summed E-state index contributed by atoms with van der Waals surface area (Å²) in [5.74, 6) is 0. The first kappa shape index (κ1) is 14.5. The van der Waals surface area contributed by atoms with Crippen molar-refractivity contribution in [3.63, 3.8) is 0 Å². The highest BCUT2D eigenvalue weighted by molar-refractivity contribution is 7.74. The van der Waals surface area contributed by atoms with Crippen molar-refractivity contribution in [2.75, 3.05) is 13.2 Å². The number of hydrogen-bond donors (Lipinski definition) is 3. The van der Waals surface area contributed by atoms with E-state index in [2.05, 4.69) is 4.18 Å². The fraction of sp³-hybridized carbons (Fsp3) is 1.00. The molecule has 12 heavy (non-hydrogen) atoms. The van der Waals surface area contributed by atoms with Crippen molar-refractivity contribution in [1.82, 2.24) is 6.15 Å². The van der Waals surface area contributed by atoms with Gasteiger partial charge in [0.05, 0.1) is 24.1 Å². The van der Waals surface area contributed by atoms with Crippen LogP contribution in [-0.4, -0.2) is 38.3 Å². The van der Waals surface area contributed by atoms with Gasteiger partial charge in [-0.1, -0.05) is 0 Å². The van der Waals surface area contributed by atoms with E-state index in [9.17, 15) is 8.76 Å². The number of hydrogen-bond acceptors (Lipinski definition) is 6. The summed E-state index contributed by atoms with van der Waals surface area (Å²) in [6.45, 7) is -0.390. The topological polar surface area (TPSA) is 125 Å². The molecule has 0 aliphatic carbocycles. The molecule has 0 bridgehead atoms. The molecule has 0 aliphatic rings. The summed E-state index contributed by atoms with van der Waals surface area (Å²) in [6, 6.07) is 0. The monoisotopic (exact) mass is 200 g/mol. The van der Waals surface area contributed by atoms with Crippen molar-refractivity contribution < 1.29 is 23.2 Å². The lowest BCUT2D eigenvalue weighted by atomic mass is 10.2. The van der Waals surface area contributed by atoms with E-state index in [1.54, 1.807) is 0 Å². The Kier molecular flexibility index (Phi) is 10.9. The van der Waals surface area contributed by atoms with E-state index in [4.69, 9.17) is 10.2 Å². The first-order valence-electron chi connectivity index (χ1n) is 3.18. The Morgan fingerprint density at radius 3 is 2.42 bits per heavy atom. The fourth-order valence-electron chi connectivity index (χ4n) is 0.600. The van der Waals surface area contributed by atoms with Gasteiger partial charge in [0, 0.05) is 6.61 Å². The van der Waals surface area contributed by atoms with Crippen LogP contribution in [0.2, 0.25) is 0 Å². The van der Waals surface area contributed by atoms with E-state index in [0.717, 1.165) is 0 Å². The van der Waals surface area contributed by atoms with Crippen LogP contribution in [0, 0.1) is 0 Å². The molecule has 2 atom stereocenters. The zero-order valence-corrected chi connectivity index (χ0v) is 7.46. The molecule has 0 aromatic heterocycles. The van der Waals surface area contributed by atoms with Gasteiger partial charge in [0.15, 0.2) is 0 Å². The van der Waals surface area contributed by atoms with Gasteiger partial charge in [-0.2, -0.15) is 0 Å². The molecule has 0 heterocycles. The normalized spacial score (nSPS) is 14.9. The molecule has 0 spiro atoms. The van der Waals surface area contributed by atoms with Gasteiger partial charge in [-0.25, -0.2) is 4.21 Å². The van der Waals surface area contributed by atoms with E-state index in [1.165, 1.54) is 0 Å². The second-order valence-electron chi connectivity index (χ2n) is 1.97. The van der Waals surface area contributed by atoms with Crippen LogP contribution >= 0.6 is 0 Å². The Bertz CT molecular complexity index is 122. The second-order valence-corrected chi connectivity index (χ2v) is 2.57. The van der Waals surface area contributed by atoms with Crippen LogP contribution < -0.4 is 6.15 Å². The summed E-state index contributed by atoms with van der Waals surface area (Å²) in [7, 11) is 0. The summed E-state index contributed by atoms with van der Waals surface area (Å²) in [4.78, 5) is 0. The summed E-state index contributed by atoms with van der Waals surface area (Å²) < 4.78 is 24.1. The van der Waals surface area contributed by atoms with Gasteiger partial charge in [-0.05, 0) is 12.8 Å². The predicted molar refractivity (Wildman–Crippen MR) is 42.2 cm³/mol. The lowest BCUT2D eigenvalue weighted by molar-refractivity contribution is 0.103. The molecule has 0 aromatic rings. The van der Waals surface area contributed by atoms with Crippen molar-refractivity contribution in [2.24, 2.45) is 0 Å². The highest BCUT2D eigenvalue weighted by Crippen LogP contribution is 2.01. The molecule has 7 heteroatoms. The quantitative estimate of drug-likeness (QED) is 0.477. The summed E-state index contributed by atoms with van der Waals surface area (Å²) in [6.07, 6.45) is 0.0316. The molecular weight excluding hydrogens is 186 g/mol. The second kappa shape index (κ2) is 9.04. The molecule has 0 radical (unpaired) electrons. The van der Waals surface area contributed by atoms with Crippen molar-refractivity contribution in [3.05, 3.63) is 0 Å². The van der Waals surface area contributed by atoms with Crippen molar-refractivity contribution >= 4 is 11.4 Å². The van der Waals surface area contributed by atoms with Gasteiger partial charge in [0.25, 0.3) is 0 Å². The third-order valence-electron chi connectivity index (χ3n) is 1.10. The minimum Gasteiger partial charge on any atom is -0.750 e. The van der Waals surface area contributed by atoms with Gasteiger partial charge >= 0.3 is 0 Å². The highest BCUT2D eigenvalue weighted by atomic mass is 32.2. The Morgan fingerprint density at radius 2 is 2.08 bits per heavy atom. The van der Waals surface area contributed by atoms with Crippen LogP contribution in [0.25, 0.3) is 0 Å². The maximum absolute atomic E-state index is 9.94.